The van der Waals surface area contributed by atoms with Crippen LogP contribution in [0.2, 0.25) is 0 Å². The van der Waals surface area contributed by atoms with Crippen LogP contribution in [0.25, 0.3) is 0 Å². The van der Waals surface area contributed by atoms with Gasteiger partial charge >= 0.3 is 0 Å². The van der Waals surface area contributed by atoms with Crippen LogP contribution >= 0.6 is 0 Å². The van der Waals surface area contributed by atoms with Gasteiger partial charge in [-0.15, -0.1) is 0 Å². The molecule has 1 amide bonds. The van der Waals surface area contributed by atoms with Gasteiger partial charge in [-0.05, 0) is 24.0 Å². The van der Waals surface area contributed by atoms with Gasteiger partial charge in [-0.2, -0.15) is 0 Å². The lowest BCUT2D eigenvalue weighted by Crippen LogP contribution is -2.27. The van der Waals surface area contributed by atoms with Gasteiger partial charge in [0, 0.05) is 26.2 Å². The molecule has 0 radical (unpaired) electrons. The number of hydrogen-bond donors (Lipinski definition) is 1. The van der Waals surface area contributed by atoms with Crippen LogP contribution in [-0.2, 0) is 14.8 Å². The van der Waals surface area contributed by atoms with E-state index in [2.05, 4.69) is 19.2 Å². The van der Waals surface area contributed by atoms with Gasteiger partial charge < -0.3 is 5.32 Å². The summed E-state index contributed by atoms with van der Waals surface area (Å²) in [5.41, 5.74) is 2.82. The largest absolute Gasteiger partial charge is 0.326 e. The molecule has 0 aliphatic rings. The Labute approximate surface area is 127 Å². The van der Waals surface area contributed by atoms with Gasteiger partial charge in [0.2, 0.25) is 15.9 Å². The number of para-hydroxylation sites is 1. The minimum atomic E-state index is -3.35. The lowest BCUT2D eigenvalue weighted by atomic mass is 9.98. The molecule has 1 aromatic rings. The zero-order valence-corrected chi connectivity index (χ0v) is 14.1. The van der Waals surface area contributed by atoms with E-state index in [1.54, 1.807) is 0 Å². The molecule has 0 saturated heterocycles. The third-order valence-electron chi connectivity index (χ3n) is 3.33. The monoisotopic (exact) mass is 312 g/mol. The molecule has 1 aromatic carbocycles. The fourth-order valence-electron chi connectivity index (χ4n) is 1.95. The number of nitrogens with one attached hydrogen (secondary N) is 1. The molecule has 0 heterocycles. The first-order valence-electron chi connectivity index (χ1n) is 6.94. The Balaban J connectivity index is 2.81. The zero-order chi connectivity index (χ0) is 16.2. The van der Waals surface area contributed by atoms with Crippen LogP contribution in [0, 0.1) is 6.92 Å². The van der Waals surface area contributed by atoms with Gasteiger partial charge in [0.05, 0.1) is 5.75 Å². The van der Waals surface area contributed by atoms with Crippen molar-refractivity contribution in [3.8, 4) is 0 Å². The quantitative estimate of drug-likeness (QED) is 0.876. The molecule has 0 saturated carbocycles. The van der Waals surface area contributed by atoms with Crippen molar-refractivity contribution in [2.45, 2.75) is 33.1 Å². The molecule has 1 rings (SSSR count). The number of amides is 1. The standard InChI is InChI=1S/C15H24N2O3S/c1-11(2)13-8-6-7-12(3)15(13)16-14(18)9-10-21(19,20)17(4)5/h6-8,11H,9-10H2,1-5H3,(H,16,18). The van der Waals surface area contributed by atoms with E-state index in [0.717, 1.165) is 21.1 Å². The second-order valence-corrected chi connectivity index (χ2v) is 7.89. The summed E-state index contributed by atoms with van der Waals surface area (Å²) in [6.45, 7) is 6.04. The normalized spacial score (nSPS) is 12.0. The van der Waals surface area contributed by atoms with Crippen LogP contribution in [0.3, 0.4) is 0 Å². The first kappa shape index (κ1) is 17.7. The predicted octanol–water partition coefficient (Wildman–Crippen LogP) is 2.34. The van der Waals surface area contributed by atoms with Crippen LogP contribution in [0.15, 0.2) is 18.2 Å². The summed E-state index contributed by atoms with van der Waals surface area (Å²) < 4.78 is 24.5. The summed E-state index contributed by atoms with van der Waals surface area (Å²) >= 11 is 0. The zero-order valence-electron chi connectivity index (χ0n) is 13.3. The SMILES string of the molecule is Cc1cccc(C(C)C)c1NC(=O)CCS(=O)(=O)N(C)C. The van der Waals surface area contributed by atoms with Crippen molar-refractivity contribution in [2.24, 2.45) is 0 Å². The molecular weight excluding hydrogens is 288 g/mol. The lowest BCUT2D eigenvalue weighted by Gasteiger charge is -2.17. The van der Waals surface area contributed by atoms with Crippen LogP contribution in [0.5, 0.6) is 0 Å². The summed E-state index contributed by atoms with van der Waals surface area (Å²) in [5, 5.41) is 2.85. The third kappa shape index (κ3) is 4.82. The van der Waals surface area contributed by atoms with E-state index >= 15 is 0 Å². The Morgan fingerprint density at radius 2 is 1.90 bits per heavy atom. The molecule has 6 heteroatoms. The van der Waals surface area contributed by atoms with E-state index in [9.17, 15) is 13.2 Å². The molecular formula is C15H24N2O3S. The number of carbonyl (C=O) groups excluding carboxylic acids is 1. The topological polar surface area (TPSA) is 66.5 Å². The van der Waals surface area contributed by atoms with Gasteiger partial charge in [0.15, 0.2) is 0 Å². The molecule has 0 unspecified atom stereocenters. The van der Waals surface area contributed by atoms with E-state index in [1.807, 2.05) is 25.1 Å². The molecule has 1 N–H and O–H groups in total. The number of carbonyl (C=O) groups is 1. The van der Waals surface area contributed by atoms with Crippen molar-refractivity contribution >= 4 is 21.6 Å². The van der Waals surface area contributed by atoms with Crippen molar-refractivity contribution in [3.63, 3.8) is 0 Å². The van der Waals surface area contributed by atoms with Crippen molar-refractivity contribution in [1.29, 1.82) is 0 Å². The van der Waals surface area contributed by atoms with Gasteiger partial charge in [0.1, 0.15) is 0 Å². The third-order valence-corrected chi connectivity index (χ3v) is 5.17. The molecule has 21 heavy (non-hydrogen) atoms. The Morgan fingerprint density at radius 1 is 1.29 bits per heavy atom. The highest BCUT2D eigenvalue weighted by molar-refractivity contribution is 7.89. The first-order chi connectivity index (χ1) is 9.65. The molecule has 5 nitrogen and oxygen atoms in total. The summed E-state index contributed by atoms with van der Waals surface area (Å²) in [6.07, 6.45) is -0.0492. The number of anilines is 1. The van der Waals surface area contributed by atoms with Gasteiger partial charge in [0.25, 0.3) is 0 Å². The number of aryl methyl sites for hydroxylation is 1. The van der Waals surface area contributed by atoms with Crippen molar-refractivity contribution < 1.29 is 13.2 Å². The number of rotatable bonds is 6. The molecule has 0 aromatic heterocycles. The Bertz CT molecular complexity index is 607. The van der Waals surface area contributed by atoms with E-state index < -0.39 is 10.0 Å². The van der Waals surface area contributed by atoms with Crippen molar-refractivity contribution in [2.75, 3.05) is 25.2 Å². The van der Waals surface area contributed by atoms with Crippen LogP contribution < -0.4 is 5.32 Å². The maximum absolute atomic E-state index is 12.0. The molecule has 0 bridgehead atoms. The maximum atomic E-state index is 12.0. The smallest absolute Gasteiger partial charge is 0.225 e. The second-order valence-electron chi connectivity index (χ2n) is 5.59. The molecule has 0 aliphatic heterocycles. The van der Waals surface area contributed by atoms with Crippen LogP contribution in [0.4, 0.5) is 5.69 Å². The summed E-state index contributed by atoms with van der Waals surface area (Å²) in [7, 11) is -0.422. The number of benzene rings is 1. The van der Waals surface area contributed by atoms with E-state index in [4.69, 9.17) is 0 Å². The second kappa shape index (κ2) is 7.04. The van der Waals surface area contributed by atoms with Crippen molar-refractivity contribution in [1.82, 2.24) is 4.31 Å². The number of nitrogens with zero attached hydrogens (tertiary/aromatic N) is 1. The highest BCUT2D eigenvalue weighted by Crippen LogP contribution is 2.27. The Morgan fingerprint density at radius 3 is 2.43 bits per heavy atom. The predicted molar refractivity (Wildman–Crippen MR) is 86.0 cm³/mol. The van der Waals surface area contributed by atoms with Gasteiger partial charge in [-0.3, -0.25) is 4.79 Å². The van der Waals surface area contributed by atoms with Gasteiger partial charge in [-0.25, -0.2) is 12.7 Å². The maximum Gasteiger partial charge on any atom is 0.225 e. The van der Waals surface area contributed by atoms with Crippen LogP contribution in [0.1, 0.15) is 37.3 Å². The van der Waals surface area contributed by atoms with E-state index in [1.165, 1.54) is 14.1 Å². The summed E-state index contributed by atoms with van der Waals surface area (Å²) in [4.78, 5) is 12.0. The minimum absolute atomic E-state index is 0.0492. The first-order valence-corrected chi connectivity index (χ1v) is 8.55. The molecule has 0 fully saturated rings. The summed E-state index contributed by atoms with van der Waals surface area (Å²) in [6, 6.07) is 5.86. The number of sulfonamides is 1. The van der Waals surface area contributed by atoms with Crippen LogP contribution in [-0.4, -0.2) is 38.5 Å². The average Bonchev–Trinajstić information content (AvgIpc) is 2.38. The van der Waals surface area contributed by atoms with E-state index in [-0.39, 0.29) is 24.0 Å². The van der Waals surface area contributed by atoms with Crippen molar-refractivity contribution in [3.05, 3.63) is 29.3 Å². The molecule has 118 valence electrons. The average molecular weight is 312 g/mol. The fourth-order valence-corrected chi connectivity index (χ4v) is 2.76. The Kier molecular flexibility index (Phi) is 5.92. The molecule has 0 spiro atoms. The highest BCUT2D eigenvalue weighted by atomic mass is 32.2. The summed E-state index contributed by atoms with van der Waals surface area (Å²) in [5.74, 6) is -0.184. The lowest BCUT2D eigenvalue weighted by molar-refractivity contribution is -0.115. The fraction of sp³-hybridized carbons (Fsp3) is 0.533. The molecule has 0 aliphatic carbocycles. The van der Waals surface area contributed by atoms with Gasteiger partial charge in [-0.1, -0.05) is 32.0 Å². The number of hydrogen-bond acceptors (Lipinski definition) is 3. The Hall–Kier alpha value is -1.40. The van der Waals surface area contributed by atoms with E-state index in [0.29, 0.717) is 0 Å². The minimum Gasteiger partial charge on any atom is -0.326 e. The highest BCUT2D eigenvalue weighted by Gasteiger charge is 2.17. The molecule has 0 atom stereocenters.